The monoisotopic (exact) mass is 257 g/mol. The molecule has 0 saturated carbocycles. The van der Waals surface area contributed by atoms with Gasteiger partial charge in [0.1, 0.15) is 4.34 Å². The second kappa shape index (κ2) is 4.84. The summed E-state index contributed by atoms with van der Waals surface area (Å²) in [5.41, 5.74) is 0.289. The number of nitrogens with zero attached hydrogens (tertiary/aromatic N) is 1. The van der Waals surface area contributed by atoms with Crippen LogP contribution >= 0.6 is 23.1 Å². The van der Waals surface area contributed by atoms with E-state index >= 15 is 0 Å². The van der Waals surface area contributed by atoms with Gasteiger partial charge >= 0.3 is 12.1 Å². The normalized spacial score (nSPS) is 11.7. The van der Waals surface area contributed by atoms with Gasteiger partial charge in [0.2, 0.25) is 0 Å². The van der Waals surface area contributed by atoms with Crippen molar-refractivity contribution in [2.45, 2.75) is 16.9 Å². The Morgan fingerprint density at radius 3 is 2.80 bits per heavy atom. The molecule has 0 radical (unpaired) electrons. The van der Waals surface area contributed by atoms with E-state index in [-0.39, 0.29) is 16.5 Å². The van der Waals surface area contributed by atoms with Crippen LogP contribution in [-0.2, 0) is 11.2 Å². The topological polar surface area (TPSA) is 50.2 Å². The van der Waals surface area contributed by atoms with E-state index < -0.39 is 17.9 Å². The minimum absolute atomic E-state index is 0.239. The van der Waals surface area contributed by atoms with E-state index in [9.17, 15) is 18.0 Å². The molecule has 0 aromatic carbocycles. The van der Waals surface area contributed by atoms with Crippen molar-refractivity contribution >= 4 is 29.1 Å². The molecule has 0 aliphatic heterocycles. The fraction of sp³-hybridized carbons (Fsp3) is 0.429. The van der Waals surface area contributed by atoms with Gasteiger partial charge in [0.25, 0.3) is 0 Å². The highest BCUT2D eigenvalue weighted by molar-refractivity contribution is 8.01. The number of aliphatic carboxylic acids is 1. The number of thiazole rings is 1. The van der Waals surface area contributed by atoms with Crippen LogP contribution in [0.4, 0.5) is 13.2 Å². The van der Waals surface area contributed by atoms with Crippen LogP contribution in [0.15, 0.2) is 9.72 Å². The first kappa shape index (κ1) is 12.3. The van der Waals surface area contributed by atoms with E-state index in [1.54, 1.807) is 0 Å². The molecule has 0 saturated heterocycles. The first-order valence-electron chi connectivity index (χ1n) is 3.72. The minimum Gasteiger partial charge on any atom is -0.481 e. The van der Waals surface area contributed by atoms with Crippen molar-refractivity contribution in [2.75, 3.05) is 5.75 Å². The van der Waals surface area contributed by atoms with Gasteiger partial charge in [0, 0.05) is 5.38 Å². The summed E-state index contributed by atoms with van der Waals surface area (Å²) in [6.45, 7) is 0. The second-order valence-electron chi connectivity index (χ2n) is 2.58. The van der Waals surface area contributed by atoms with Crippen molar-refractivity contribution in [3.63, 3.8) is 0 Å². The molecule has 0 fully saturated rings. The lowest BCUT2D eigenvalue weighted by Crippen LogP contribution is -2.10. The Hall–Kier alpha value is -0.760. The zero-order chi connectivity index (χ0) is 11.5. The Balaban J connectivity index is 2.50. The predicted octanol–water partition coefficient (Wildman–Crippen LogP) is 2.42. The highest BCUT2D eigenvalue weighted by Gasteiger charge is 2.27. The average molecular weight is 257 g/mol. The quantitative estimate of drug-likeness (QED) is 0.842. The van der Waals surface area contributed by atoms with Gasteiger partial charge in [-0.1, -0.05) is 11.8 Å². The Labute approximate surface area is 91.3 Å². The summed E-state index contributed by atoms with van der Waals surface area (Å²) in [5, 5.41) is 9.86. The third-order valence-corrected chi connectivity index (χ3v) is 3.36. The molecule has 1 aromatic heterocycles. The number of rotatable bonds is 4. The smallest absolute Gasteiger partial charge is 0.398 e. The molecule has 0 aliphatic carbocycles. The van der Waals surface area contributed by atoms with Gasteiger partial charge in [-0.25, -0.2) is 4.98 Å². The zero-order valence-electron chi connectivity index (χ0n) is 7.24. The highest BCUT2D eigenvalue weighted by Crippen LogP contribution is 2.29. The Kier molecular flexibility index (Phi) is 3.97. The Morgan fingerprint density at radius 2 is 2.27 bits per heavy atom. The van der Waals surface area contributed by atoms with E-state index in [2.05, 4.69) is 4.98 Å². The van der Waals surface area contributed by atoms with Crippen molar-refractivity contribution in [2.24, 2.45) is 0 Å². The molecule has 0 atom stereocenters. The number of halogens is 3. The molecule has 1 heterocycles. The Morgan fingerprint density at radius 1 is 1.60 bits per heavy atom. The van der Waals surface area contributed by atoms with Crippen LogP contribution in [0.1, 0.15) is 5.69 Å². The molecule has 0 unspecified atom stereocenters. The van der Waals surface area contributed by atoms with Gasteiger partial charge in [-0.3, -0.25) is 4.79 Å². The summed E-state index contributed by atoms with van der Waals surface area (Å²) >= 11 is 1.59. The van der Waals surface area contributed by atoms with Gasteiger partial charge in [-0.2, -0.15) is 13.2 Å². The molecular formula is C7H6F3NO2S2. The van der Waals surface area contributed by atoms with Crippen molar-refractivity contribution in [3.8, 4) is 0 Å². The number of hydrogen-bond acceptors (Lipinski definition) is 4. The van der Waals surface area contributed by atoms with Crippen molar-refractivity contribution in [3.05, 3.63) is 11.1 Å². The van der Waals surface area contributed by atoms with Crippen LogP contribution in [0.2, 0.25) is 0 Å². The van der Waals surface area contributed by atoms with Gasteiger partial charge < -0.3 is 5.11 Å². The largest absolute Gasteiger partial charge is 0.481 e. The molecule has 84 valence electrons. The lowest BCUT2D eigenvalue weighted by atomic mass is 10.3. The molecule has 0 amide bonds. The predicted molar refractivity (Wildman–Crippen MR) is 50.2 cm³/mol. The van der Waals surface area contributed by atoms with Crippen LogP contribution in [0.25, 0.3) is 0 Å². The van der Waals surface area contributed by atoms with Gasteiger partial charge in [-0.15, -0.1) is 11.3 Å². The lowest BCUT2D eigenvalue weighted by Gasteiger charge is -2.02. The maximum atomic E-state index is 11.8. The first-order chi connectivity index (χ1) is 6.87. The van der Waals surface area contributed by atoms with E-state index in [1.807, 2.05) is 0 Å². The highest BCUT2D eigenvalue weighted by atomic mass is 32.2. The number of carboxylic acids is 1. The van der Waals surface area contributed by atoms with Crippen LogP contribution < -0.4 is 0 Å². The van der Waals surface area contributed by atoms with Gasteiger partial charge in [-0.05, 0) is 0 Å². The van der Waals surface area contributed by atoms with Crippen molar-refractivity contribution < 1.29 is 23.1 Å². The molecule has 1 N–H and O–H groups in total. The van der Waals surface area contributed by atoms with E-state index in [1.165, 1.54) is 5.38 Å². The molecular weight excluding hydrogens is 251 g/mol. The number of carboxylic acid groups (broad SMARTS) is 1. The van der Waals surface area contributed by atoms with Crippen LogP contribution in [0, 0.1) is 0 Å². The number of alkyl halides is 3. The summed E-state index contributed by atoms with van der Waals surface area (Å²) in [5.74, 6) is -2.06. The Bertz CT molecular complexity index is 350. The molecule has 0 aliphatic rings. The van der Waals surface area contributed by atoms with E-state index in [4.69, 9.17) is 5.11 Å². The maximum Gasteiger partial charge on any atom is 0.398 e. The van der Waals surface area contributed by atoms with Crippen LogP contribution in [0.5, 0.6) is 0 Å². The molecule has 15 heavy (non-hydrogen) atoms. The summed E-state index contributed by atoms with van der Waals surface area (Å²) in [4.78, 5) is 14.0. The van der Waals surface area contributed by atoms with Crippen molar-refractivity contribution in [1.82, 2.24) is 4.98 Å². The van der Waals surface area contributed by atoms with E-state index in [0.29, 0.717) is 11.8 Å². The lowest BCUT2D eigenvalue weighted by molar-refractivity contribution is -0.136. The SMILES string of the molecule is O=C(O)Cc1csc(SCC(F)(F)F)n1. The molecule has 0 bridgehead atoms. The number of thioether (sulfide) groups is 1. The summed E-state index contributed by atoms with van der Waals surface area (Å²) in [7, 11) is 0. The van der Waals surface area contributed by atoms with Gasteiger partial charge in [0.15, 0.2) is 0 Å². The third-order valence-electron chi connectivity index (χ3n) is 1.22. The second-order valence-corrected chi connectivity index (χ2v) is 4.66. The molecule has 1 rings (SSSR count). The summed E-state index contributed by atoms with van der Waals surface area (Å²) < 4.78 is 35.7. The molecule has 0 spiro atoms. The first-order valence-corrected chi connectivity index (χ1v) is 5.59. The standard InChI is InChI=1S/C7H6F3NO2S2/c8-7(9,10)3-15-6-11-4(2-14-6)1-5(12)13/h2H,1,3H2,(H,12,13). The molecule has 1 aromatic rings. The third kappa shape index (κ3) is 5.03. The van der Waals surface area contributed by atoms with Crippen LogP contribution in [-0.4, -0.2) is 28.0 Å². The average Bonchev–Trinajstić information content (AvgIpc) is 2.46. The maximum absolute atomic E-state index is 11.8. The van der Waals surface area contributed by atoms with Crippen LogP contribution in [0.3, 0.4) is 0 Å². The molecule has 3 nitrogen and oxygen atoms in total. The van der Waals surface area contributed by atoms with E-state index in [0.717, 1.165) is 11.3 Å². The zero-order valence-corrected chi connectivity index (χ0v) is 8.88. The van der Waals surface area contributed by atoms with Gasteiger partial charge in [0.05, 0.1) is 17.9 Å². The van der Waals surface area contributed by atoms with Crippen molar-refractivity contribution in [1.29, 1.82) is 0 Å². The fourth-order valence-electron chi connectivity index (χ4n) is 0.734. The molecule has 8 heteroatoms. The summed E-state index contributed by atoms with van der Waals surface area (Å²) in [6.07, 6.45) is -4.49. The summed E-state index contributed by atoms with van der Waals surface area (Å²) in [6, 6.07) is 0. The number of hydrogen-bond donors (Lipinski definition) is 1. The number of aromatic nitrogens is 1. The number of carbonyl (C=O) groups is 1. The minimum atomic E-state index is -4.23. The fourth-order valence-corrected chi connectivity index (χ4v) is 2.34.